The topological polar surface area (TPSA) is 54.4 Å². The van der Waals surface area contributed by atoms with E-state index in [2.05, 4.69) is 0 Å². The summed E-state index contributed by atoms with van der Waals surface area (Å²) in [7, 11) is 0. The van der Waals surface area contributed by atoms with Gasteiger partial charge in [0.15, 0.2) is 5.12 Å². The lowest BCUT2D eigenvalue weighted by molar-refractivity contribution is -0.136. The van der Waals surface area contributed by atoms with Gasteiger partial charge in [-0.25, -0.2) is 4.79 Å². The van der Waals surface area contributed by atoms with Crippen LogP contribution >= 0.6 is 11.8 Å². The lowest BCUT2D eigenvalue weighted by atomic mass is 9.69. The lowest BCUT2D eigenvalue weighted by Gasteiger charge is -2.37. The van der Waals surface area contributed by atoms with Crippen molar-refractivity contribution in [1.29, 1.82) is 0 Å². The molecule has 0 unspecified atom stereocenters. The molecule has 7 heteroatoms. The Bertz CT molecular complexity index is 803. The van der Waals surface area contributed by atoms with Crippen molar-refractivity contribution >= 4 is 28.9 Å². The Kier molecular flexibility index (Phi) is 9.47. The molecule has 1 aromatic rings. The second-order valence-corrected chi connectivity index (χ2v) is 10.6. The number of thioether (sulfide) groups is 1. The zero-order chi connectivity index (χ0) is 23.8. The summed E-state index contributed by atoms with van der Waals surface area (Å²) in [6.07, 6.45) is 7.19. The fourth-order valence-electron chi connectivity index (χ4n) is 5.38. The molecular formula is C26H33F3O3S. The number of halogens is 3. The summed E-state index contributed by atoms with van der Waals surface area (Å²) < 4.78 is 37.0. The number of alkyl halides is 3. The monoisotopic (exact) mass is 482 g/mol. The molecule has 1 N–H and O–H groups in total. The number of carbonyl (C=O) groups is 2. The highest BCUT2D eigenvalue weighted by atomic mass is 32.2. The molecule has 2 aliphatic carbocycles. The van der Waals surface area contributed by atoms with Crippen LogP contribution in [0.3, 0.4) is 0 Å². The minimum atomic E-state index is -4.03. The molecule has 0 amide bonds. The second-order valence-electron chi connectivity index (χ2n) is 9.56. The molecule has 0 spiro atoms. The van der Waals surface area contributed by atoms with Crippen molar-refractivity contribution in [2.24, 2.45) is 23.7 Å². The molecule has 2 aliphatic rings. The molecule has 1 aromatic carbocycles. The van der Waals surface area contributed by atoms with E-state index in [4.69, 9.17) is 5.11 Å². The van der Waals surface area contributed by atoms with E-state index < -0.39 is 18.6 Å². The maximum atomic E-state index is 12.8. The second kappa shape index (κ2) is 12.1. The minimum Gasteiger partial charge on any atom is -0.478 e. The van der Waals surface area contributed by atoms with Crippen molar-refractivity contribution in [1.82, 2.24) is 0 Å². The molecule has 0 saturated heterocycles. The quantitative estimate of drug-likeness (QED) is 0.304. The van der Waals surface area contributed by atoms with Crippen LogP contribution in [0.1, 0.15) is 76.2 Å². The predicted octanol–water partition coefficient (Wildman–Crippen LogP) is 7.75. The average molecular weight is 483 g/mol. The first kappa shape index (κ1) is 25.9. The van der Waals surface area contributed by atoms with Gasteiger partial charge in [-0.2, -0.15) is 13.2 Å². The van der Waals surface area contributed by atoms with Crippen molar-refractivity contribution < 1.29 is 27.9 Å². The van der Waals surface area contributed by atoms with Crippen LogP contribution in [0.4, 0.5) is 13.2 Å². The number of carboxylic acid groups (broad SMARTS) is 1. The van der Waals surface area contributed by atoms with Gasteiger partial charge in [-0.3, -0.25) is 4.79 Å². The molecule has 3 rings (SSSR count). The molecule has 33 heavy (non-hydrogen) atoms. The molecule has 0 heterocycles. The predicted molar refractivity (Wildman–Crippen MR) is 125 cm³/mol. The van der Waals surface area contributed by atoms with Crippen LogP contribution in [-0.2, 0) is 9.59 Å². The Morgan fingerprint density at radius 1 is 0.939 bits per heavy atom. The largest absolute Gasteiger partial charge is 0.478 e. The Labute approximate surface area is 198 Å². The van der Waals surface area contributed by atoms with Crippen molar-refractivity contribution in [3.05, 3.63) is 35.9 Å². The van der Waals surface area contributed by atoms with Gasteiger partial charge in [0.05, 0.1) is 0 Å². The number of carbonyl (C=O) groups excluding carboxylic acids is 1. The van der Waals surface area contributed by atoms with E-state index in [1.807, 2.05) is 24.3 Å². The van der Waals surface area contributed by atoms with E-state index in [1.54, 1.807) is 0 Å². The molecule has 0 aromatic heterocycles. The third-order valence-corrected chi connectivity index (χ3v) is 8.30. The Morgan fingerprint density at radius 2 is 1.52 bits per heavy atom. The number of rotatable bonds is 8. The first-order valence-electron chi connectivity index (χ1n) is 12.0. The zero-order valence-electron chi connectivity index (χ0n) is 18.9. The highest BCUT2D eigenvalue weighted by Gasteiger charge is 2.33. The van der Waals surface area contributed by atoms with Gasteiger partial charge in [-0.1, -0.05) is 43.2 Å². The molecule has 3 nitrogen and oxygen atoms in total. The van der Waals surface area contributed by atoms with Gasteiger partial charge in [-0.05, 0) is 86.5 Å². The third kappa shape index (κ3) is 8.84. The smallest absolute Gasteiger partial charge is 0.389 e. The highest BCUT2D eigenvalue weighted by Crippen LogP contribution is 2.43. The van der Waals surface area contributed by atoms with Gasteiger partial charge in [0.25, 0.3) is 0 Å². The number of hydrogen-bond donors (Lipinski definition) is 1. The standard InChI is InChI=1S/C26H33F3O3S/c27-26(28,29)17-1-2-18-3-8-20(9-4-18)21-10-12-22(13-11-21)25(32)33-23-14-5-19(6-15-23)7-16-24(30)31/h5-7,14-16,18,20-22H,1-4,8-13,17H2,(H,30,31)/b16-7+. The van der Waals surface area contributed by atoms with Crippen LogP contribution < -0.4 is 0 Å². The first-order valence-corrected chi connectivity index (χ1v) is 12.8. The van der Waals surface area contributed by atoms with E-state index in [0.717, 1.165) is 67.9 Å². The van der Waals surface area contributed by atoms with Crippen LogP contribution in [0.5, 0.6) is 0 Å². The molecule has 2 saturated carbocycles. The van der Waals surface area contributed by atoms with Crippen LogP contribution in [0, 0.1) is 23.7 Å². The molecule has 182 valence electrons. The van der Waals surface area contributed by atoms with Crippen LogP contribution in [0.2, 0.25) is 0 Å². The van der Waals surface area contributed by atoms with E-state index in [-0.39, 0.29) is 17.5 Å². The molecule has 0 radical (unpaired) electrons. The van der Waals surface area contributed by atoms with E-state index in [9.17, 15) is 22.8 Å². The van der Waals surface area contributed by atoms with E-state index in [0.29, 0.717) is 24.2 Å². The summed E-state index contributed by atoms with van der Waals surface area (Å²) in [4.78, 5) is 24.2. The zero-order valence-corrected chi connectivity index (χ0v) is 19.7. The summed E-state index contributed by atoms with van der Waals surface area (Å²) in [5.74, 6) is 0.850. The summed E-state index contributed by atoms with van der Waals surface area (Å²) >= 11 is 1.27. The normalized spacial score (nSPS) is 26.4. The molecule has 0 atom stereocenters. The third-order valence-electron chi connectivity index (χ3n) is 7.25. The Hall–Kier alpha value is -1.76. The number of hydrogen-bond acceptors (Lipinski definition) is 3. The van der Waals surface area contributed by atoms with E-state index in [1.165, 1.54) is 17.8 Å². The summed E-state index contributed by atoms with van der Waals surface area (Å²) in [6, 6.07) is 7.32. The van der Waals surface area contributed by atoms with Crippen molar-refractivity contribution in [2.75, 3.05) is 0 Å². The molecule has 2 fully saturated rings. The van der Waals surface area contributed by atoms with Gasteiger partial charge < -0.3 is 5.11 Å². The Morgan fingerprint density at radius 3 is 2.06 bits per heavy atom. The number of aliphatic carboxylic acids is 1. The number of benzene rings is 1. The maximum absolute atomic E-state index is 12.8. The minimum absolute atomic E-state index is 0.0801. The number of carboxylic acids is 1. The van der Waals surface area contributed by atoms with Crippen molar-refractivity contribution in [3.63, 3.8) is 0 Å². The van der Waals surface area contributed by atoms with Gasteiger partial charge in [-0.15, -0.1) is 0 Å². The average Bonchev–Trinajstić information content (AvgIpc) is 2.78. The van der Waals surface area contributed by atoms with Crippen LogP contribution in [-0.4, -0.2) is 22.4 Å². The summed E-state index contributed by atoms with van der Waals surface area (Å²) in [6.45, 7) is 0. The van der Waals surface area contributed by atoms with E-state index >= 15 is 0 Å². The fraction of sp³-hybridized carbons (Fsp3) is 0.615. The highest BCUT2D eigenvalue weighted by molar-refractivity contribution is 8.13. The summed E-state index contributed by atoms with van der Waals surface area (Å²) in [5.41, 5.74) is 0.782. The van der Waals surface area contributed by atoms with Gasteiger partial charge in [0, 0.05) is 23.3 Å². The fourth-order valence-corrected chi connectivity index (χ4v) is 6.29. The van der Waals surface area contributed by atoms with Gasteiger partial charge in [0.2, 0.25) is 0 Å². The Balaban J connectivity index is 1.37. The molecule has 0 bridgehead atoms. The van der Waals surface area contributed by atoms with Crippen molar-refractivity contribution in [2.45, 2.75) is 81.7 Å². The van der Waals surface area contributed by atoms with Gasteiger partial charge >= 0.3 is 12.1 Å². The molecular weight excluding hydrogens is 449 g/mol. The molecule has 0 aliphatic heterocycles. The lowest BCUT2D eigenvalue weighted by Crippen LogP contribution is -2.27. The van der Waals surface area contributed by atoms with Crippen LogP contribution in [0.15, 0.2) is 35.2 Å². The summed E-state index contributed by atoms with van der Waals surface area (Å²) in [5, 5.41) is 8.90. The van der Waals surface area contributed by atoms with Crippen molar-refractivity contribution in [3.8, 4) is 0 Å². The van der Waals surface area contributed by atoms with Crippen LogP contribution in [0.25, 0.3) is 6.08 Å². The SMILES string of the molecule is O=C(O)/C=C/c1ccc(SC(=O)C2CCC(C3CCC(CCCC(F)(F)F)CC3)CC2)cc1. The van der Waals surface area contributed by atoms with Gasteiger partial charge in [0.1, 0.15) is 0 Å². The maximum Gasteiger partial charge on any atom is 0.389 e. The first-order chi connectivity index (χ1) is 15.7.